The lowest BCUT2D eigenvalue weighted by molar-refractivity contribution is 0.430. The number of aromatic amines is 1. The van der Waals surface area contributed by atoms with Gasteiger partial charge in [-0.15, -0.1) is 0 Å². The summed E-state index contributed by atoms with van der Waals surface area (Å²) in [7, 11) is 0. The maximum atomic E-state index is 4.65. The highest BCUT2D eigenvalue weighted by atomic mass is 79.9. The fourth-order valence-electron chi connectivity index (χ4n) is 2.54. The van der Waals surface area contributed by atoms with E-state index < -0.39 is 0 Å². The molecule has 0 bridgehead atoms. The van der Waals surface area contributed by atoms with Crippen molar-refractivity contribution in [2.75, 3.05) is 13.1 Å². The predicted octanol–water partition coefficient (Wildman–Crippen LogP) is 2.36. The molecule has 1 aliphatic heterocycles. The molecule has 1 fully saturated rings. The van der Waals surface area contributed by atoms with Gasteiger partial charge in [0.25, 0.3) is 0 Å². The number of nitrogens with one attached hydrogen (secondary N) is 2. The molecule has 0 amide bonds. The number of H-pyrrole nitrogens is 1. The monoisotopic (exact) mass is 294 g/mol. The molecule has 0 saturated carbocycles. The van der Waals surface area contributed by atoms with E-state index >= 15 is 0 Å². The average Bonchev–Trinajstić information content (AvgIpc) is 2.94. The molecule has 3 heterocycles. The molecule has 1 unspecified atom stereocenters. The van der Waals surface area contributed by atoms with Crippen LogP contribution in [0.3, 0.4) is 0 Å². The SMILES string of the molecule is CCC1(c2nc3ncc(Br)cc3[nH]2)CCNC1. The van der Waals surface area contributed by atoms with Gasteiger partial charge in [0, 0.05) is 22.6 Å². The third kappa shape index (κ3) is 1.77. The molecule has 5 heteroatoms. The molecule has 1 aliphatic rings. The van der Waals surface area contributed by atoms with Crippen LogP contribution in [0.25, 0.3) is 11.2 Å². The van der Waals surface area contributed by atoms with Crippen LogP contribution in [0.1, 0.15) is 25.6 Å². The van der Waals surface area contributed by atoms with Gasteiger partial charge in [-0.3, -0.25) is 0 Å². The van der Waals surface area contributed by atoms with Crippen LogP contribution in [-0.4, -0.2) is 28.0 Å². The van der Waals surface area contributed by atoms with Gasteiger partial charge in [0.2, 0.25) is 0 Å². The second-order valence-electron chi connectivity index (χ2n) is 4.67. The molecule has 0 radical (unpaired) electrons. The van der Waals surface area contributed by atoms with E-state index in [1.807, 2.05) is 6.07 Å². The van der Waals surface area contributed by atoms with Gasteiger partial charge in [-0.05, 0) is 41.4 Å². The number of fused-ring (bicyclic) bond motifs is 1. The van der Waals surface area contributed by atoms with E-state index in [0.29, 0.717) is 0 Å². The lowest BCUT2D eigenvalue weighted by Crippen LogP contribution is -2.29. The Hall–Kier alpha value is -0.940. The zero-order valence-electron chi connectivity index (χ0n) is 9.76. The Balaban J connectivity index is 2.11. The molecule has 3 rings (SSSR count). The van der Waals surface area contributed by atoms with Gasteiger partial charge in [0.05, 0.1) is 5.52 Å². The molecular weight excluding hydrogens is 280 g/mol. The van der Waals surface area contributed by atoms with E-state index in [9.17, 15) is 0 Å². The Morgan fingerprint density at radius 2 is 2.41 bits per heavy atom. The van der Waals surface area contributed by atoms with Crippen molar-refractivity contribution in [2.45, 2.75) is 25.2 Å². The van der Waals surface area contributed by atoms with Crippen molar-refractivity contribution in [3.63, 3.8) is 0 Å². The number of nitrogens with zero attached hydrogens (tertiary/aromatic N) is 2. The Bertz CT molecular complexity index is 542. The summed E-state index contributed by atoms with van der Waals surface area (Å²) in [5, 5.41) is 3.43. The minimum atomic E-state index is 0.160. The summed E-state index contributed by atoms with van der Waals surface area (Å²) in [6.07, 6.45) is 4.03. The predicted molar refractivity (Wildman–Crippen MR) is 71.0 cm³/mol. The van der Waals surface area contributed by atoms with Gasteiger partial charge in [-0.25, -0.2) is 9.97 Å². The van der Waals surface area contributed by atoms with Gasteiger partial charge >= 0.3 is 0 Å². The van der Waals surface area contributed by atoms with Crippen molar-refractivity contribution in [1.29, 1.82) is 0 Å². The zero-order chi connectivity index (χ0) is 11.9. The quantitative estimate of drug-likeness (QED) is 0.894. The highest BCUT2D eigenvalue weighted by Gasteiger charge is 2.36. The maximum Gasteiger partial charge on any atom is 0.177 e. The molecule has 90 valence electrons. The number of imidazole rings is 1. The van der Waals surface area contributed by atoms with Crippen LogP contribution in [0, 0.1) is 0 Å². The van der Waals surface area contributed by atoms with Crippen LogP contribution in [0.4, 0.5) is 0 Å². The molecule has 4 nitrogen and oxygen atoms in total. The summed E-state index contributed by atoms with van der Waals surface area (Å²) in [4.78, 5) is 12.4. The number of aromatic nitrogens is 3. The standard InChI is InChI=1S/C12H15BrN4/c1-2-12(3-4-14-7-12)11-16-9-5-8(13)6-15-10(9)17-11/h5-6,14H,2-4,7H2,1H3,(H,15,16,17). The molecule has 0 aromatic carbocycles. The lowest BCUT2D eigenvalue weighted by atomic mass is 9.83. The van der Waals surface area contributed by atoms with E-state index in [1.165, 1.54) is 0 Å². The first-order valence-corrected chi connectivity index (χ1v) is 6.75. The van der Waals surface area contributed by atoms with Crippen LogP contribution in [0.5, 0.6) is 0 Å². The molecule has 2 aromatic rings. The summed E-state index contributed by atoms with van der Waals surface area (Å²) in [6.45, 7) is 4.30. The molecule has 2 aromatic heterocycles. The first kappa shape index (κ1) is 11.2. The molecular formula is C12H15BrN4. The smallest absolute Gasteiger partial charge is 0.177 e. The van der Waals surface area contributed by atoms with Crippen LogP contribution in [0.15, 0.2) is 16.7 Å². The molecule has 1 saturated heterocycles. The summed E-state index contributed by atoms with van der Waals surface area (Å²) < 4.78 is 0.982. The highest BCUT2D eigenvalue weighted by molar-refractivity contribution is 9.10. The van der Waals surface area contributed by atoms with Crippen LogP contribution in [0.2, 0.25) is 0 Å². The number of pyridine rings is 1. The first-order chi connectivity index (χ1) is 8.23. The second-order valence-corrected chi connectivity index (χ2v) is 5.59. The van der Waals surface area contributed by atoms with Crippen molar-refractivity contribution in [2.24, 2.45) is 0 Å². The highest BCUT2D eigenvalue weighted by Crippen LogP contribution is 2.33. The first-order valence-electron chi connectivity index (χ1n) is 5.96. The van der Waals surface area contributed by atoms with Gasteiger partial charge in [-0.2, -0.15) is 0 Å². The molecule has 1 atom stereocenters. The zero-order valence-corrected chi connectivity index (χ0v) is 11.3. The van der Waals surface area contributed by atoms with Gasteiger partial charge in [0.1, 0.15) is 5.82 Å². The number of halogens is 1. The van der Waals surface area contributed by atoms with Crippen molar-refractivity contribution in [1.82, 2.24) is 20.3 Å². The number of rotatable bonds is 2. The fourth-order valence-corrected chi connectivity index (χ4v) is 2.87. The van der Waals surface area contributed by atoms with Crippen molar-refractivity contribution < 1.29 is 0 Å². The van der Waals surface area contributed by atoms with Crippen molar-refractivity contribution in [3.8, 4) is 0 Å². The topological polar surface area (TPSA) is 53.6 Å². The Morgan fingerprint density at radius 3 is 3.12 bits per heavy atom. The summed E-state index contributed by atoms with van der Waals surface area (Å²) in [6, 6.07) is 2.03. The van der Waals surface area contributed by atoms with Crippen LogP contribution < -0.4 is 5.32 Å². The molecule has 17 heavy (non-hydrogen) atoms. The van der Waals surface area contributed by atoms with Crippen LogP contribution in [-0.2, 0) is 5.41 Å². The minimum absolute atomic E-state index is 0.160. The largest absolute Gasteiger partial charge is 0.340 e. The average molecular weight is 295 g/mol. The Labute approximate surface area is 108 Å². The van der Waals surface area contributed by atoms with Crippen molar-refractivity contribution >= 4 is 27.1 Å². The molecule has 0 aliphatic carbocycles. The van der Waals surface area contributed by atoms with E-state index in [0.717, 1.165) is 47.4 Å². The summed E-state index contributed by atoms with van der Waals surface area (Å²) >= 11 is 3.43. The van der Waals surface area contributed by atoms with Gasteiger partial charge in [-0.1, -0.05) is 6.92 Å². The minimum Gasteiger partial charge on any atom is -0.340 e. The third-order valence-electron chi connectivity index (χ3n) is 3.73. The van der Waals surface area contributed by atoms with Crippen molar-refractivity contribution in [3.05, 3.63) is 22.6 Å². The van der Waals surface area contributed by atoms with E-state index in [2.05, 4.69) is 43.1 Å². The molecule has 2 N–H and O–H groups in total. The Morgan fingerprint density at radius 1 is 1.53 bits per heavy atom. The Kier molecular flexibility index (Phi) is 2.67. The summed E-state index contributed by atoms with van der Waals surface area (Å²) in [5.74, 6) is 1.07. The fraction of sp³-hybridized carbons (Fsp3) is 0.500. The third-order valence-corrected chi connectivity index (χ3v) is 4.16. The van der Waals surface area contributed by atoms with E-state index in [4.69, 9.17) is 0 Å². The second kappa shape index (κ2) is 4.07. The number of hydrogen-bond donors (Lipinski definition) is 2. The number of hydrogen-bond acceptors (Lipinski definition) is 3. The van der Waals surface area contributed by atoms with E-state index in [-0.39, 0.29) is 5.41 Å². The maximum absolute atomic E-state index is 4.65. The normalized spacial score (nSPS) is 24.6. The molecule has 0 spiro atoms. The van der Waals surface area contributed by atoms with Crippen LogP contribution >= 0.6 is 15.9 Å². The lowest BCUT2D eigenvalue weighted by Gasteiger charge is -2.23. The summed E-state index contributed by atoms with van der Waals surface area (Å²) in [5.41, 5.74) is 1.98. The van der Waals surface area contributed by atoms with E-state index in [1.54, 1.807) is 6.20 Å². The van der Waals surface area contributed by atoms with Gasteiger partial charge in [0.15, 0.2) is 5.65 Å². The van der Waals surface area contributed by atoms with Gasteiger partial charge < -0.3 is 10.3 Å².